The Hall–Kier alpha value is -3.95. The highest BCUT2D eigenvalue weighted by atomic mass is 35.5. The molecule has 0 unspecified atom stereocenters. The molecule has 1 aliphatic heterocycles. The number of hydrogen-bond donors (Lipinski definition) is 2. The number of anilines is 2. The van der Waals surface area contributed by atoms with Crippen LogP contribution in [0.5, 0.6) is 11.5 Å². The second-order valence-electron chi connectivity index (χ2n) is 8.72. The van der Waals surface area contributed by atoms with Crippen molar-refractivity contribution >= 4 is 39.9 Å². The van der Waals surface area contributed by atoms with Gasteiger partial charge in [0.1, 0.15) is 36.9 Å². The van der Waals surface area contributed by atoms with Crippen molar-refractivity contribution in [2.75, 3.05) is 31.6 Å². The molecule has 37 heavy (non-hydrogen) atoms. The summed E-state index contributed by atoms with van der Waals surface area (Å²) in [5, 5.41) is 13.6. The van der Waals surface area contributed by atoms with Crippen LogP contribution < -0.4 is 14.8 Å². The average molecular weight is 520 g/mol. The van der Waals surface area contributed by atoms with Gasteiger partial charge in [0.15, 0.2) is 0 Å². The molecule has 10 heteroatoms. The number of amides is 1. The van der Waals surface area contributed by atoms with Crippen molar-refractivity contribution in [3.05, 3.63) is 77.8 Å². The van der Waals surface area contributed by atoms with E-state index in [9.17, 15) is 4.79 Å². The number of halogens is 1. The molecule has 0 bridgehead atoms. The molecular weight excluding hydrogens is 494 g/mol. The first-order valence-electron chi connectivity index (χ1n) is 11.9. The Labute approximate surface area is 219 Å². The van der Waals surface area contributed by atoms with E-state index in [0.29, 0.717) is 48.6 Å². The molecule has 1 aliphatic rings. The van der Waals surface area contributed by atoms with Crippen LogP contribution in [-0.4, -0.2) is 57.2 Å². The molecule has 0 spiro atoms. The molecular formula is C27H26ClN5O4. The number of fused-ring (bicyclic) bond motifs is 1. The van der Waals surface area contributed by atoms with Gasteiger partial charge in [-0.05, 0) is 48.9 Å². The van der Waals surface area contributed by atoms with Crippen LogP contribution in [-0.2, 0) is 11.4 Å². The van der Waals surface area contributed by atoms with Gasteiger partial charge in [0, 0.05) is 30.9 Å². The molecule has 9 nitrogen and oxygen atoms in total. The number of nitrogens with one attached hydrogen (secondary N) is 1. The smallest absolute Gasteiger partial charge is 0.248 e. The van der Waals surface area contributed by atoms with Gasteiger partial charge in [0.25, 0.3) is 0 Å². The number of ether oxygens (including phenoxy) is 2. The second-order valence-corrected chi connectivity index (χ2v) is 9.12. The molecule has 1 saturated heterocycles. The number of aromatic nitrogens is 3. The van der Waals surface area contributed by atoms with Crippen molar-refractivity contribution in [1.29, 1.82) is 0 Å². The highest BCUT2D eigenvalue weighted by Gasteiger charge is 2.26. The van der Waals surface area contributed by atoms with E-state index in [1.165, 1.54) is 6.33 Å². The topological polar surface area (TPSA) is 110 Å². The highest BCUT2D eigenvalue weighted by molar-refractivity contribution is 6.32. The van der Waals surface area contributed by atoms with E-state index >= 15 is 0 Å². The summed E-state index contributed by atoms with van der Waals surface area (Å²) < 4.78 is 12.0. The maximum atomic E-state index is 11.8. The number of rotatable bonds is 9. The van der Waals surface area contributed by atoms with E-state index in [1.807, 2.05) is 42.5 Å². The number of benzene rings is 2. The lowest BCUT2D eigenvalue weighted by Crippen LogP contribution is -2.31. The number of likely N-dealkylation sites (tertiary alicyclic amines) is 1. The summed E-state index contributed by atoms with van der Waals surface area (Å²) in [4.78, 5) is 26.5. The standard InChI is InChI=1S/C27H26ClN5O4/c28-21-12-19(7-8-23(21)37-16-20-4-1-2-10-29-20)32-27-26-22(30-17-31-27)5-3-6-24(26)36-15-18-9-11-33(13-18)25(35)14-34/h1-8,10,12,17-18,34H,9,11,13-16H2,(H,30,31,32)/t18-/m0/s1. The largest absolute Gasteiger partial charge is 0.492 e. The zero-order chi connectivity index (χ0) is 25.6. The first-order chi connectivity index (χ1) is 18.1. The predicted octanol–water partition coefficient (Wildman–Crippen LogP) is 4.22. The third kappa shape index (κ3) is 5.90. The lowest BCUT2D eigenvalue weighted by molar-refractivity contribution is -0.133. The van der Waals surface area contributed by atoms with E-state index in [1.54, 1.807) is 23.2 Å². The van der Waals surface area contributed by atoms with Crippen LogP contribution in [0.25, 0.3) is 10.9 Å². The summed E-state index contributed by atoms with van der Waals surface area (Å²) in [5.74, 6) is 1.72. The lowest BCUT2D eigenvalue weighted by Gasteiger charge is -2.17. The van der Waals surface area contributed by atoms with Crippen molar-refractivity contribution in [3.8, 4) is 11.5 Å². The SMILES string of the molecule is O=C(CO)N1CC[C@H](COc2cccc3ncnc(Nc4ccc(OCc5ccccn5)c(Cl)c4)c23)C1. The van der Waals surface area contributed by atoms with E-state index < -0.39 is 6.61 Å². The fourth-order valence-corrected chi connectivity index (χ4v) is 4.50. The zero-order valence-corrected chi connectivity index (χ0v) is 20.8. The number of hydrogen-bond acceptors (Lipinski definition) is 8. The maximum absolute atomic E-state index is 11.8. The van der Waals surface area contributed by atoms with Gasteiger partial charge in [-0.3, -0.25) is 9.78 Å². The van der Waals surface area contributed by atoms with E-state index in [4.69, 9.17) is 26.2 Å². The first kappa shape index (κ1) is 24.7. The minimum Gasteiger partial charge on any atom is -0.492 e. The van der Waals surface area contributed by atoms with Crippen LogP contribution >= 0.6 is 11.6 Å². The molecule has 2 aromatic heterocycles. The quantitative estimate of drug-likeness (QED) is 0.338. The Morgan fingerprint density at radius 3 is 2.81 bits per heavy atom. The summed E-state index contributed by atoms with van der Waals surface area (Å²) in [6, 6.07) is 16.8. The summed E-state index contributed by atoms with van der Waals surface area (Å²) in [6.45, 7) is 1.49. The van der Waals surface area contributed by atoms with Crippen LogP contribution in [0.2, 0.25) is 5.02 Å². The fraction of sp³-hybridized carbons (Fsp3) is 0.259. The molecule has 1 atom stereocenters. The Bertz CT molecular complexity index is 1380. The summed E-state index contributed by atoms with van der Waals surface area (Å²) >= 11 is 6.49. The van der Waals surface area contributed by atoms with Crippen molar-refractivity contribution in [2.24, 2.45) is 5.92 Å². The Balaban J connectivity index is 1.30. The van der Waals surface area contributed by atoms with Crippen LogP contribution in [0, 0.1) is 5.92 Å². The van der Waals surface area contributed by atoms with Gasteiger partial charge in [-0.15, -0.1) is 0 Å². The molecule has 0 saturated carbocycles. The number of carbonyl (C=O) groups excluding carboxylic acids is 1. The summed E-state index contributed by atoms with van der Waals surface area (Å²) in [5.41, 5.74) is 2.28. The van der Waals surface area contributed by atoms with Crippen molar-refractivity contribution in [2.45, 2.75) is 13.0 Å². The highest BCUT2D eigenvalue weighted by Crippen LogP contribution is 2.34. The van der Waals surface area contributed by atoms with Gasteiger partial charge in [-0.2, -0.15) is 0 Å². The Morgan fingerprint density at radius 2 is 2.00 bits per heavy atom. The van der Waals surface area contributed by atoms with Gasteiger partial charge < -0.3 is 24.8 Å². The summed E-state index contributed by atoms with van der Waals surface area (Å²) in [7, 11) is 0. The van der Waals surface area contributed by atoms with Crippen molar-refractivity contribution in [3.63, 3.8) is 0 Å². The molecule has 2 aromatic carbocycles. The number of aliphatic hydroxyl groups excluding tert-OH is 1. The predicted molar refractivity (Wildman–Crippen MR) is 140 cm³/mol. The molecule has 1 fully saturated rings. The monoisotopic (exact) mass is 519 g/mol. The minimum absolute atomic E-state index is 0.184. The number of carbonyl (C=O) groups is 1. The minimum atomic E-state index is -0.468. The van der Waals surface area contributed by atoms with Gasteiger partial charge >= 0.3 is 0 Å². The third-order valence-corrected chi connectivity index (χ3v) is 6.46. The van der Waals surface area contributed by atoms with E-state index in [0.717, 1.165) is 28.7 Å². The molecule has 0 radical (unpaired) electrons. The molecule has 4 aromatic rings. The molecule has 1 amide bonds. The normalized spacial score (nSPS) is 15.1. The van der Waals surface area contributed by atoms with Gasteiger partial charge in [-0.1, -0.05) is 23.7 Å². The number of nitrogens with zero attached hydrogens (tertiary/aromatic N) is 4. The van der Waals surface area contributed by atoms with E-state index in [2.05, 4.69) is 20.3 Å². The van der Waals surface area contributed by atoms with Gasteiger partial charge in [0.2, 0.25) is 5.91 Å². The molecule has 2 N–H and O–H groups in total. The molecule has 5 rings (SSSR count). The van der Waals surface area contributed by atoms with Crippen molar-refractivity contribution < 1.29 is 19.4 Å². The van der Waals surface area contributed by atoms with Crippen LogP contribution in [0.15, 0.2) is 67.1 Å². The van der Waals surface area contributed by atoms with E-state index in [-0.39, 0.29) is 11.8 Å². The zero-order valence-electron chi connectivity index (χ0n) is 20.0. The fourth-order valence-electron chi connectivity index (χ4n) is 4.26. The maximum Gasteiger partial charge on any atom is 0.248 e. The van der Waals surface area contributed by atoms with Crippen LogP contribution in [0.4, 0.5) is 11.5 Å². The molecule has 190 valence electrons. The molecule has 0 aliphatic carbocycles. The van der Waals surface area contributed by atoms with Gasteiger partial charge in [-0.25, -0.2) is 9.97 Å². The lowest BCUT2D eigenvalue weighted by atomic mass is 10.1. The van der Waals surface area contributed by atoms with Crippen LogP contribution in [0.3, 0.4) is 0 Å². The Morgan fingerprint density at radius 1 is 1.08 bits per heavy atom. The third-order valence-electron chi connectivity index (χ3n) is 6.17. The Kier molecular flexibility index (Phi) is 7.62. The van der Waals surface area contributed by atoms with Crippen molar-refractivity contribution in [1.82, 2.24) is 19.9 Å². The summed E-state index contributed by atoms with van der Waals surface area (Å²) in [6.07, 6.45) is 4.04. The number of aliphatic hydroxyl groups is 1. The molecule has 3 heterocycles. The second kappa shape index (κ2) is 11.4. The van der Waals surface area contributed by atoms with Crippen LogP contribution in [0.1, 0.15) is 12.1 Å². The number of pyridine rings is 1. The average Bonchev–Trinajstić information content (AvgIpc) is 3.41. The first-order valence-corrected chi connectivity index (χ1v) is 12.3. The van der Waals surface area contributed by atoms with Gasteiger partial charge in [0.05, 0.1) is 28.2 Å².